The van der Waals surface area contributed by atoms with E-state index in [1.165, 1.54) is 0 Å². The van der Waals surface area contributed by atoms with E-state index in [1.807, 2.05) is 66.1 Å². The molecule has 28 heavy (non-hydrogen) atoms. The number of hydrogen-bond donors (Lipinski definition) is 1. The first-order chi connectivity index (χ1) is 13.7. The Hall–Kier alpha value is -3.61. The SMILES string of the molecule is CCOc1ccccc1NC(=O)Cn1c(-c2nnc(C)o2)cc2ccccc21. The maximum absolute atomic E-state index is 12.8. The van der Waals surface area contributed by atoms with Gasteiger partial charge in [0.1, 0.15) is 18.0 Å². The van der Waals surface area contributed by atoms with Gasteiger partial charge in [-0.15, -0.1) is 10.2 Å². The summed E-state index contributed by atoms with van der Waals surface area (Å²) in [6.07, 6.45) is 0. The number of rotatable bonds is 6. The highest BCUT2D eigenvalue weighted by Crippen LogP contribution is 2.28. The Balaban J connectivity index is 1.67. The summed E-state index contributed by atoms with van der Waals surface area (Å²) < 4.78 is 13.1. The molecule has 0 bridgehead atoms. The summed E-state index contributed by atoms with van der Waals surface area (Å²) in [5.41, 5.74) is 2.26. The van der Waals surface area contributed by atoms with Crippen LogP contribution in [-0.4, -0.2) is 27.3 Å². The number of carbonyl (C=O) groups is 1. The Kier molecular flexibility index (Phi) is 4.80. The largest absolute Gasteiger partial charge is 0.492 e. The fourth-order valence-electron chi connectivity index (χ4n) is 3.14. The number of amides is 1. The molecule has 0 unspecified atom stereocenters. The minimum atomic E-state index is -0.175. The number of carbonyl (C=O) groups excluding carboxylic acids is 1. The summed E-state index contributed by atoms with van der Waals surface area (Å²) in [7, 11) is 0. The van der Waals surface area contributed by atoms with Gasteiger partial charge in [0.25, 0.3) is 5.89 Å². The van der Waals surface area contributed by atoms with E-state index >= 15 is 0 Å². The van der Waals surface area contributed by atoms with Gasteiger partial charge >= 0.3 is 0 Å². The maximum atomic E-state index is 12.8. The number of aromatic nitrogens is 3. The third-order valence-corrected chi connectivity index (χ3v) is 4.32. The maximum Gasteiger partial charge on any atom is 0.264 e. The van der Waals surface area contributed by atoms with Crippen molar-refractivity contribution in [1.82, 2.24) is 14.8 Å². The zero-order valence-corrected chi connectivity index (χ0v) is 15.7. The molecule has 2 aromatic heterocycles. The van der Waals surface area contributed by atoms with Crippen LogP contribution >= 0.6 is 0 Å². The number of benzene rings is 2. The summed E-state index contributed by atoms with van der Waals surface area (Å²) in [5.74, 6) is 1.33. The summed E-state index contributed by atoms with van der Waals surface area (Å²) in [6, 6.07) is 17.2. The van der Waals surface area contributed by atoms with Crippen LogP contribution in [0, 0.1) is 6.92 Å². The van der Waals surface area contributed by atoms with Crippen LogP contribution in [0.2, 0.25) is 0 Å². The quantitative estimate of drug-likeness (QED) is 0.549. The van der Waals surface area contributed by atoms with Gasteiger partial charge in [0.15, 0.2) is 0 Å². The monoisotopic (exact) mass is 376 g/mol. The van der Waals surface area contributed by atoms with E-state index in [9.17, 15) is 4.79 Å². The molecule has 0 radical (unpaired) electrons. The minimum Gasteiger partial charge on any atom is -0.492 e. The van der Waals surface area contributed by atoms with Crippen LogP contribution in [0.5, 0.6) is 5.75 Å². The lowest BCUT2D eigenvalue weighted by Gasteiger charge is -2.13. The Morgan fingerprint density at radius 3 is 2.71 bits per heavy atom. The minimum absolute atomic E-state index is 0.102. The number of nitrogens with one attached hydrogen (secondary N) is 1. The van der Waals surface area contributed by atoms with Gasteiger partial charge in [-0.1, -0.05) is 30.3 Å². The molecule has 0 aliphatic carbocycles. The van der Waals surface area contributed by atoms with Crippen molar-refractivity contribution in [2.24, 2.45) is 0 Å². The first kappa shape index (κ1) is 17.8. The molecular formula is C21H20N4O3. The zero-order chi connectivity index (χ0) is 19.5. The molecule has 142 valence electrons. The molecule has 1 N–H and O–H groups in total. The van der Waals surface area contributed by atoms with Gasteiger partial charge in [-0.3, -0.25) is 4.79 Å². The number of nitrogens with zero attached hydrogens (tertiary/aromatic N) is 3. The lowest BCUT2D eigenvalue weighted by atomic mass is 10.2. The zero-order valence-electron chi connectivity index (χ0n) is 15.7. The normalized spacial score (nSPS) is 10.9. The second-order valence-electron chi connectivity index (χ2n) is 6.28. The molecule has 0 saturated heterocycles. The molecule has 0 aliphatic heterocycles. The van der Waals surface area contributed by atoms with Gasteiger partial charge in [0.05, 0.1) is 12.3 Å². The molecule has 0 aliphatic rings. The summed E-state index contributed by atoms with van der Waals surface area (Å²) in [6.45, 7) is 4.27. The highest BCUT2D eigenvalue weighted by molar-refractivity contribution is 5.94. The molecule has 1 amide bonds. The van der Waals surface area contributed by atoms with Crippen molar-refractivity contribution in [2.45, 2.75) is 20.4 Å². The van der Waals surface area contributed by atoms with Crippen LogP contribution in [0.25, 0.3) is 22.5 Å². The van der Waals surface area contributed by atoms with Crippen LogP contribution in [0.1, 0.15) is 12.8 Å². The van der Waals surface area contributed by atoms with E-state index in [4.69, 9.17) is 9.15 Å². The van der Waals surface area contributed by atoms with Gasteiger partial charge in [0, 0.05) is 17.8 Å². The first-order valence-electron chi connectivity index (χ1n) is 9.06. The van der Waals surface area contributed by atoms with E-state index in [2.05, 4.69) is 15.5 Å². The Morgan fingerprint density at radius 2 is 1.93 bits per heavy atom. The van der Waals surface area contributed by atoms with Gasteiger partial charge in [0.2, 0.25) is 11.8 Å². The Labute approximate surface area is 161 Å². The summed E-state index contributed by atoms with van der Waals surface area (Å²) in [4.78, 5) is 12.8. The lowest BCUT2D eigenvalue weighted by Crippen LogP contribution is -2.19. The number of anilines is 1. The first-order valence-corrected chi connectivity index (χ1v) is 9.06. The fraction of sp³-hybridized carbons (Fsp3) is 0.190. The second kappa shape index (κ2) is 7.56. The van der Waals surface area contributed by atoms with Crippen LogP contribution < -0.4 is 10.1 Å². The molecule has 2 heterocycles. The third kappa shape index (κ3) is 3.46. The van der Waals surface area contributed by atoms with Crippen molar-refractivity contribution >= 4 is 22.5 Å². The predicted molar refractivity (Wildman–Crippen MR) is 106 cm³/mol. The highest BCUT2D eigenvalue weighted by Gasteiger charge is 2.18. The van der Waals surface area contributed by atoms with Crippen molar-refractivity contribution in [3.05, 3.63) is 60.5 Å². The molecule has 0 saturated carbocycles. The molecule has 2 aromatic carbocycles. The van der Waals surface area contributed by atoms with Gasteiger partial charge in [-0.25, -0.2) is 0 Å². The second-order valence-corrected chi connectivity index (χ2v) is 6.28. The Bertz CT molecular complexity index is 1130. The fourth-order valence-corrected chi connectivity index (χ4v) is 3.14. The predicted octanol–water partition coefficient (Wildman–Crippen LogP) is 4.04. The molecule has 0 fully saturated rings. The number of para-hydroxylation sites is 3. The topological polar surface area (TPSA) is 82.2 Å². The average Bonchev–Trinajstić information content (AvgIpc) is 3.27. The summed E-state index contributed by atoms with van der Waals surface area (Å²) in [5, 5.41) is 11.9. The van der Waals surface area contributed by atoms with Crippen molar-refractivity contribution < 1.29 is 13.9 Å². The number of fused-ring (bicyclic) bond motifs is 1. The third-order valence-electron chi connectivity index (χ3n) is 4.32. The smallest absolute Gasteiger partial charge is 0.264 e. The van der Waals surface area contributed by atoms with Gasteiger partial charge in [-0.2, -0.15) is 0 Å². The van der Waals surface area contributed by atoms with E-state index in [0.717, 1.165) is 10.9 Å². The standard InChI is InChI=1S/C21H20N4O3/c1-3-27-19-11-7-5-9-16(19)22-20(26)13-25-17-10-6-4-8-15(17)12-18(25)21-24-23-14(2)28-21/h4-12H,3,13H2,1-2H3,(H,22,26). The molecule has 4 rings (SSSR count). The molecule has 4 aromatic rings. The van der Waals surface area contributed by atoms with Crippen LogP contribution in [-0.2, 0) is 11.3 Å². The van der Waals surface area contributed by atoms with Crippen LogP contribution in [0.15, 0.2) is 59.0 Å². The average molecular weight is 376 g/mol. The number of ether oxygens (including phenoxy) is 1. The molecule has 7 nitrogen and oxygen atoms in total. The highest BCUT2D eigenvalue weighted by atomic mass is 16.5. The number of hydrogen-bond acceptors (Lipinski definition) is 5. The van der Waals surface area contributed by atoms with Crippen LogP contribution in [0.4, 0.5) is 5.69 Å². The van der Waals surface area contributed by atoms with E-state index < -0.39 is 0 Å². The van der Waals surface area contributed by atoms with Gasteiger partial charge < -0.3 is 19.0 Å². The van der Waals surface area contributed by atoms with E-state index in [-0.39, 0.29) is 12.5 Å². The van der Waals surface area contributed by atoms with Crippen molar-refractivity contribution in [1.29, 1.82) is 0 Å². The molecule has 0 atom stereocenters. The molecule has 0 spiro atoms. The molecule has 7 heteroatoms. The van der Waals surface area contributed by atoms with Crippen LogP contribution in [0.3, 0.4) is 0 Å². The van der Waals surface area contributed by atoms with Gasteiger partial charge in [-0.05, 0) is 31.2 Å². The van der Waals surface area contributed by atoms with Crippen molar-refractivity contribution in [3.8, 4) is 17.3 Å². The van der Waals surface area contributed by atoms with E-state index in [0.29, 0.717) is 35.5 Å². The Morgan fingerprint density at radius 1 is 1.14 bits per heavy atom. The van der Waals surface area contributed by atoms with Crippen molar-refractivity contribution in [3.63, 3.8) is 0 Å². The molecular weight excluding hydrogens is 356 g/mol. The lowest BCUT2D eigenvalue weighted by molar-refractivity contribution is -0.116. The van der Waals surface area contributed by atoms with E-state index in [1.54, 1.807) is 6.92 Å². The number of aryl methyl sites for hydroxylation is 1. The van der Waals surface area contributed by atoms with Crippen molar-refractivity contribution in [2.75, 3.05) is 11.9 Å². The summed E-state index contributed by atoms with van der Waals surface area (Å²) >= 11 is 0.